The van der Waals surface area contributed by atoms with Crippen LogP contribution in [-0.4, -0.2) is 18.1 Å². The fourth-order valence-electron chi connectivity index (χ4n) is 2.39. The third kappa shape index (κ3) is 4.28. The van der Waals surface area contributed by atoms with Gasteiger partial charge in [0.1, 0.15) is 5.75 Å². The van der Waals surface area contributed by atoms with Gasteiger partial charge in [-0.15, -0.1) is 12.4 Å². The second-order valence-electron chi connectivity index (χ2n) is 5.18. The Hall–Kier alpha value is -1.40. The molecule has 1 fully saturated rings. The minimum Gasteiger partial charge on any atom is -0.434 e. The van der Waals surface area contributed by atoms with E-state index in [1.54, 1.807) is 19.1 Å². The Morgan fingerprint density at radius 3 is 2.57 bits per heavy atom. The molecule has 1 amide bonds. The van der Waals surface area contributed by atoms with Gasteiger partial charge in [0, 0.05) is 11.8 Å². The lowest BCUT2D eigenvalue weighted by molar-refractivity contribution is -0.121. The molecule has 0 spiro atoms. The van der Waals surface area contributed by atoms with Gasteiger partial charge in [-0.25, -0.2) is 0 Å². The average Bonchev–Trinajstić information content (AvgIpc) is 2.81. The van der Waals surface area contributed by atoms with Gasteiger partial charge in [0.15, 0.2) is 0 Å². The maximum Gasteiger partial charge on any atom is 0.387 e. The topological polar surface area (TPSA) is 64.4 Å². The van der Waals surface area contributed by atoms with E-state index < -0.39 is 12.2 Å². The first kappa shape index (κ1) is 17.7. The van der Waals surface area contributed by atoms with Crippen LogP contribution in [0.3, 0.4) is 0 Å². The third-order valence-electron chi connectivity index (χ3n) is 3.61. The van der Waals surface area contributed by atoms with Crippen molar-refractivity contribution in [3.8, 4) is 5.75 Å². The van der Waals surface area contributed by atoms with Gasteiger partial charge in [0.25, 0.3) is 0 Å². The van der Waals surface area contributed by atoms with E-state index >= 15 is 0 Å². The Bertz CT molecular complexity index is 506. The van der Waals surface area contributed by atoms with E-state index in [4.69, 9.17) is 5.73 Å². The molecular formula is C14H19ClF2N2O2. The summed E-state index contributed by atoms with van der Waals surface area (Å²) in [7, 11) is 0. The quantitative estimate of drug-likeness (QED) is 0.895. The fraction of sp³-hybridized carbons (Fsp3) is 0.500. The fourth-order valence-corrected chi connectivity index (χ4v) is 2.39. The molecule has 1 aromatic carbocycles. The lowest BCUT2D eigenvalue weighted by Crippen LogP contribution is -2.48. The molecule has 3 N–H and O–H groups in total. The van der Waals surface area contributed by atoms with Crippen LogP contribution in [0.15, 0.2) is 18.2 Å². The maximum atomic E-state index is 12.3. The minimum atomic E-state index is -2.89. The number of amides is 1. The minimum absolute atomic E-state index is 0. The monoisotopic (exact) mass is 320 g/mol. The molecule has 118 valence electrons. The molecule has 0 unspecified atom stereocenters. The van der Waals surface area contributed by atoms with Crippen molar-refractivity contribution in [1.82, 2.24) is 0 Å². The predicted molar refractivity (Wildman–Crippen MR) is 79.1 cm³/mol. The third-order valence-corrected chi connectivity index (χ3v) is 3.61. The second-order valence-corrected chi connectivity index (χ2v) is 5.18. The first-order chi connectivity index (χ1) is 9.40. The van der Waals surface area contributed by atoms with Crippen molar-refractivity contribution in [2.75, 3.05) is 5.32 Å². The molecule has 0 radical (unpaired) electrons. The Balaban J connectivity index is 0.00000220. The molecule has 0 heterocycles. The molecule has 1 saturated carbocycles. The number of rotatable bonds is 4. The summed E-state index contributed by atoms with van der Waals surface area (Å²) < 4.78 is 28.9. The standard InChI is InChI=1S/C14H18F2N2O2.ClH/c1-9-4-5-10(8-11(9)20-13(15)16)18-12(19)14(17)6-2-3-7-14;/h4-5,8,13H,2-3,6-7,17H2,1H3,(H,18,19);1H. The summed E-state index contributed by atoms with van der Waals surface area (Å²) in [6.45, 7) is -1.24. The molecule has 0 bridgehead atoms. The summed E-state index contributed by atoms with van der Waals surface area (Å²) in [5, 5.41) is 2.68. The highest BCUT2D eigenvalue weighted by Crippen LogP contribution is 2.30. The maximum absolute atomic E-state index is 12.3. The number of benzene rings is 1. The van der Waals surface area contributed by atoms with Crippen LogP contribution in [-0.2, 0) is 4.79 Å². The molecule has 1 aliphatic carbocycles. The van der Waals surface area contributed by atoms with Crippen molar-refractivity contribution in [2.24, 2.45) is 5.73 Å². The SMILES string of the molecule is Cc1ccc(NC(=O)C2(N)CCCC2)cc1OC(F)F.Cl. The second kappa shape index (κ2) is 7.04. The highest BCUT2D eigenvalue weighted by atomic mass is 35.5. The molecule has 2 rings (SSSR count). The van der Waals surface area contributed by atoms with Gasteiger partial charge in [0.05, 0.1) is 5.54 Å². The average molecular weight is 321 g/mol. The molecule has 0 aromatic heterocycles. The Morgan fingerprint density at radius 1 is 1.38 bits per heavy atom. The summed E-state index contributed by atoms with van der Waals surface area (Å²) in [6, 6.07) is 4.65. The Morgan fingerprint density at radius 2 is 2.00 bits per heavy atom. The summed E-state index contributed by atoms with van der Waals surface area (Å²) >= 11 is 0. The van der Waals surface area contributed by atoms with Gasteiger partial charge in [-0.3, -0.25) is 4.79 Å². The predicted octanol–water partition coefficient (Wildman–Crippen LogP) is 3.23. The van der Waals surface area contributed by atoms with Crippen molar-refractivity contribution >= 4 is 24.0 Å². The van der Waals surface area contributed by atoms with Gasteiger partial charge >= 0.3 is 6.61 Å². The van der Waals surface area contributed by atoms with Crippen molar-refractivity contribution < 1.29 is 18.3 Å². The number of alkyl halides is 2. The van der Waals surface area contributed by atoms with Gasteiger partial charge in [-0.05, 0) is 31.4 Å². The molecular weight excluding hydrogens is 302 g/mol. The van der Waals surface area contributed by atoms with Crippen molar-refractivity contribution in [1.29, 1.82) is 0 Å². The van der Waals surface area contributed by atoms with Crippen molar-refractivity contribution in [3.05, 3.63) is 23.8 Å². The lowest BCUT2D eigenvalue weighted by Gasteiger charge is -2.22. The molecule has 7 heteroatoms. The highest BCUT2D eigenvalue weighted by Gasteiger charge is 2.37. The number of hydrogen-bond donors (Lipinski definition) is 2. The number of halogens is 3. The van der Waals surface area contributed by atoms with Crippen LogP contribution in [0.5, 0.6) is 5.75 Å². The zero-order valence-electron chi connectivity index (χ0n) is 11.7. The lowest BCUT2D eigenvalue weighted by atomic mass is 9.98. The van der Waals surface area contributed by atoms with Crippen LogP contribution in [0, 0.1) is 6.92 Å². The number of ether oxygens (including phenoxy) is 1. The van der Waals surface area contributed by atoms with E-state index in [0.717, 1.165) is 12.8 Å². The Labute approximate surface area is 128 Å². The summed E-state index contributed by atoms with van der Waals surface area (Å²) in [5.74, 6) is -0.225. The number of nitrogens with one attached hydrogen (secondary N) is 1. The van der Waals surface area contributed by atoms with Crippen LogP contribution >= 0.6 is 12.4 Å². The van der Waals surface area contributed by atoms with E-state index in [1.807, 2.05) is 0 Å². The normalized spacial score (nSPS) is 16.4. The smallest absolute Gasteiger partial charge is 0.387 e. The summed E-state index contributed by atoms with van der Waals surface area (Å²) in [5.41, 5.74) is 6.17. The van der Waals surface area contributed by atoms with E-state index in [9.17, 15) is 13.6 Å². The summed E-state index contributed by atoms with van der Waals surface area (Å²) in [6.07, 6.45) is 3.14. The highest BCUT2D eigenvalue weighted by molar-refractivity contribution is 5.98. The zero-order chi connectivity index (χ0) is 14.8. The number of nitrogens with two attached hydrogens (primary N) is 1. The van der Waals surface area contributed by atoms with Gasteiger partial charge in [-0.1, -0.05) is 18.9 Å². The summed E-state index contributed by atoms with van der Waals surface area (Å²) in [4.78, 5) is 12.1. The van der Waals surface area contributed by atoms with Crippen LogP contribution in [0.4, 0.5) is 14.5 Å². The van der Waals surface area contributed by atoms with E-state index in [-0.39, 0.29) is 24.1 Å². The van der Waals surface area contributed by atoms with Crippen LogP contribution < -0.4 is 15.8 Å². The van der Waals surface area contributed by atoms with Crippen LogP contribution in [0.25, 0.3) is 0 Å². The van der Waals surface area contributed by atoms with Gasteiger partial charge in [0.2, 0.25) is 5.91 Å². The van der Waals surface area contributed by atoms with Gasteiger partial charge in [-0.2, -0.15) is 8.78 Å². The van der Waals surface area contributed by atoms with Crippen molar-refractivity contribution in [2.45, 2.75) is 44.8 Å². The van der Waals surface area contributed by atoms with E-state index in [1.165, 1.54) is 6.07 Å². The number of anilines is 1. The number of hydrogen-bond acceptors (Lipinski definition) is 3. The van der Waals surface area contributed by atoms with Crippen molar-refractivity contribution in [3.63, 3.8) is 0 Å². The molecule has 21 heavy (non-hydrogen) atoms. The first-order valence-corrected chi connectivity index (χ1v) is 6.56. The van der Waals surface area contributed by atoms with E-state index in [0.29, 0.717) is 24.1 Å². The molecule has 4 nitrogen and oxygen atoms in total. The zero-order valence-corrected chi connectivity index (χ0v) is 12.5. The largest absolute Gasteiger partial charge is 0.434 e. The number of aryl methyl sites for hydroxylation is 1. The molecule has 0 saturated heterocycles. The van der Waals surface area contributed by atoms with Crippen LogP contribution in [0.2, 0.25) is 0 Å². The first-order valence-electron chi connectivity index (χ1n) is 6.56. The molecule has 0 aliphatic heterocycles. The molecule has 0 atom stereocenters. The van der Waals surface area contributed by atoms with Gasteiger partial charge < -0.3 is 15.8 Å². The van der Waals surface area contributed by atoms with E-state index in [2.05, 4.69) is 10.1 Å². The Kier molecular flexibility index (Phi) is 5.92. The molecule has 1 aromatic rings. The van der Waals surface area contributed by atoms with Crippen LogP contribution in [0.1, 0.15) is 31.2 Å². The number of carbonyl (C=O) groups excluding carboxylic acids is 1. The number of carbonyl (C=O) groups is 1. The molecule has 1 aliphatic rings.